The van der Waals surface area contributed by atoms with Crippen LogP contribution in [0.4, 0.5) is 0 Å². The quantitative estimate of drug-likeness (QED) is 0.759. The maximum absolute atomic E-state index is 11.4. The Morgan fingerprint density at radius 2 is 1.94 bits per heavy atom. The third-order valence-electron chi connectivity index (χ3n) is 2.34. The Morgan fingerprint density at radius 3 is 2.50 bits per heavy atom. The molecule has 1 rings (SSSR count). The van der Waals surface area contributed by atoms with Crippen LogP contribution in [0.5, 0.6) is 11.5 Å². The number of hydrogen-bond acceptors (Lipinski definition) is 4. The van der Waals surface area contributed by atoms with Gasteiger partial charge in [0.05, 0.1) is 26.7 Å². The third kappa shape index (κ3) is 5.05. The van der Waals surface area contributed by atoms with Gasteiger partial charge >= 0.3 is 0 Å². The number of hydrogen-bond donors (Lipinski definition) is 2. The molecule has 0 saturated carbocycles. The highest BCUT2D eigenvalue weighted by molar-refractivity contribution is 5.76. The van der Waals surface area contributed by atoms with Gasteiger partial charge in [0.1, 0.15) is 11.5 Å². The Bertz CT molecular complexity index is 364. The zero-order valence-electron chi connectivity index (χ0n) is 10.7. The smallest absolute Gasteiger partial charge is 0.223 e. The predicted octanol–water partition coefficient (Wildman–Crippen LogP) is 0.961. The van der Waals surface area contributed by atoms with Gasteiger partial charge in [0.15, 0.2) is 0 Å². The molecule has 5 heteroatoms. The number of methoxy groups -OCH3 is 1. The second-order valence-electron chi connectivity index (χ2n) is 3.93. The molecule has 0 aromatic heterocycles. The standard InChI is InChI=1S/C13H19NO4/c1-10(9-15)14-13(16)7-8-18-12-5-3-11(17-2)4-6-12/h3-6,10,15H,7-9H2,1-2H3,(H,14,16)/t10-/m1/s1. The second-order valence-corrected chi connectivity index (χ2v) is 3.93. The number of carbonyl (C=O) groups is 1. The molecule has 0 radical (unpaired) electrons. The maximum atomic E-state index is 11.4. The van der Waals surface area contributed by atoms with Crippen molar-refractivity contribution >= 4 is 5.91 Å². The molecule has 0 unspecified atom stereocenters. The Balaban J connectivity index is 2.26. The lowest BCUT2D eigenvalue weighted by Crippen LogP contribution is -2.35. The molecular weight excluding hydrogens is 234 g/mol. The first-order chi connectivity index (χ1) is 8.65. The van der Waals surface area contributed by atoms with Crippen molar-refractivity contribution in [2.75, 3.05) is 20.3 Å². The number of amides is 1. The summed E-state index contributed by atoms with van der Waals surface area (Å²) in [5.41, 5.74) is 0. The summed E-state index contributed by atoms with van der Waals surface area (Å²) < 4.78 is 10.4. The van der Waals surface area contributed by atoms with Crippen LogP contribution in [-0.4, -0.2) is 37.4 Å². The van der Waals surface area contributed by atoms with Crippen LogP contribution in [0.25, 0.3) is 0 Å². The van der Waals surface area contributed by atoms with Crippen molar-refractivity contribution in [1.82, 2.24) is 5.32 Å². The molecule has 0 heterocycles. The highest BCUT2D eigenvalue weighted by Crippen LogP contribution is 2.16. The van der Waals surface area contributed by atoms with E-state index in [2.05, 4.69) is 5.32 Å². The van der Waals surface area contributed by atoms with Crippen molar-refractivity contribution in [2.45, 2.75) is 19.4 Å². The molecule has 0 aliphatic carbocycles. The lowest BCUT2D eigenvalue weighted by molar-refractivity contribution is -0.122. The van der Waals surface area contributed by atoms with Crippen LogP contribution in [0.3, 0.4) is 0 Å². The normalized spacial score (nSPS) is 11.7. The fourth-order valence-electron chi connectivity index (χ4n) is 1.33. The molecule has 0 fully saturated rings. The zero-order valence-corrected chi connectivity index (χ0v) is 10.7. The van der Waals surface area contributed by atoms with Crippen molar-refractivity contribution in [3.63, 3.8) is 0 Å². The first-order valence-electron chi connectivity index (χ1n) is 5.82. The Hall–Kier alpha value is -1.75. The van der Waals surface area contributed by atoms with Crippen molar-refractivity contribution in [3.05, 3.63) is 24.3 Å². The van der Waals surface area contributed by atoms with Gasteiger partial charge in [0, 0.05) is 6.04 Å². The molecule has 0 aliphatic heterocycles. The van der Waals surface area contributed by atoms with Crippen LogP contribution in [0, 0.1) is 0 Å². The highest BCUT2D eigenvalue weighted by Gasteiger charge is 2.06. The summed E-state index contributed by atoms with van der Waals surface area (Å²) in [5.74, 6) is 1.32. The number of benzene rings is 1. The van der Waals surface area contributed by atoms with Gasteiger partial charge in [-0.2, -0.15) is 0 Å². The molecule has 5 nitrogen and oxygen atoms in total. The average molecular weight is 253 g/mol. The van der Waals surface area contributed by atoms with E-state index in [1.165, 1.54) is 0 Å². The maximum Gasteiger partial charge on any atom is 0.223 e. The van der Waals surface area contributed by atoms with E-state index in [4.69, 9.17) is 14.6 Å². The zero-order chi connectivity index (χ0) is 13.4. The molecule has 0 aliphatic rings. The van der Waals surface area contributed by atoms with E-state index in [1.54, 1.807) is 38.3 Å². The monoisotopic (exact) mass is 253 g/mol. The van der Waals surface area contributed by atoms with Gasteiger partial charge in [0.2, 0.25) is 5.91 Å². The van der Waals surface area contributed by atoms with Crippen LogP contribution in [0.2, 0.25) is 0 Å². The predicted molar refractivity (Wildman–Crippen MR) is 67.8 cm³/mol. The van der Waals surface area contributed by atoms with Gasteiger partial charge in [-0.1, -0.05) is 0 Å². The Morgan fingerprint density at radius 1 is 1.33 bits per heavy atom. The summed E-state index contributed by atoms with van der Waals surface area (Å²) in [6, 6.07) is 6.94. The topological polar surface area (TPSA) is 67.8 Å². The summed E-state index contributed by atoms with van der Waals surface area (Å²) in [6.45, 7) is 1.98. The molecule has 100 valence electrons. The lowest BCUT2D eigenvalue weighted by Gasteiger charge is -2.11. The van der Waals surface area contributed by atoms with Gasteiger partial charge in [0.25, 0.3) is 0 Å². The number of aliphatic hydroxyl groups is 1. The molecule has 2 N–H and O–H groups in total. The Labute approximate surface area is 107 Å². The number of carbonyl (C=O) groups excluding carboxylic acids is 1. The van der Waals surface area contributed by atoms with Crippen molar-refractivity contribution < 1.29 is 19.4 Å². The number of ether oxygens (including phenoxy) is 2. The second kappa shape index (κ2) is 7.55. The molecule has 1 aromatic rings. The summed E-state index contributed by atoms with van der Waals surface area (Å²) in [6.07, 6.45) is 0.260. The Kier molecular flexibility index (Phi) is 6.00. The van der Waals surface area contributed by atoms with Crippen LogP contribution >= 0.6 is 0 Å². The molecule has 0 spiro atoms. The van der Waals surface area contributed by atoms with Crippen LogP contribution in [0.1, 0.15) is 13.3 Å². The van der Waals surface area contributed by atoms with Crippen LogP contribution < -0.4 is 14.8 Å². The summed E-state index contributed by atoms with van der Waals surface area (Å²) >= 11 is 0. The minimum atomic E-state index is -0.224. The summed E-state index contributed by atoms with van der Waals surface area (Å²) in [7, 11) is 1.60. The molecule has 0 saturated heterocycles. The first-order valence-corrected chi connectivity index (χ1v) is 5.82. The van der Waals surface area contributed by atoms with E-state index in [0.29, 0.717) is 12.4 Å². The van der Waals surface area contributed by atoms with Crippen molar-refractivity contribution in [2.24, 2.45) is 0 Å². The molecule has 1 atom stereocenters. The average Bonchev–Trinajstić information content (AvgIpc) is 2.39. The van der Waals surface area contributed by atoms with E-state index in [0.717, 1.165) is 5.75 Å². The summed E-state index contributed by atoms with van der Waals surface area (Å²) in [5, 5.41) is 11.4. The molecule has 18 heavy (non-hydrogen) atoms. The van der Waals surface area contributed by atoms with E-state index in [1.807, 2.05) is 0 Å². The van der Waals surface area contributed by atoms with Crippen LogP contribution in [0.15, 0.2) is 24.3 Å². The minimum absolute atomic E-state index is 0.0644. The number of aliphatic hydroxyl groups excluding tert-OH is 1. The third-order valence-corrected chi connectivity index (χ3v) is 2.34. The van der Waals surface area contributed by atoms with E-state index < -0.39 is 0 Å². The van der Waals surface area contributed by atoms with Gasteiger partial charge in [-0.3, -0.25) is 4.79 Å². The molecular formula is C13H19NO4. The lowest BCUT2D eigenvalue weighted by atomic mass is 10.3. The van der Waals surface area contributed by atoms with E-state index >= 15 is 0 Å². The molecule has 1 aromatic carbocycles. The molecule has 1 amide bonds. The number of rotatable bonds is 7. The minimum Gasteiger partial charge on any atom is -0.497 e. The van der Waals surface area contributed by atoms with Gasteiger partial charge < -0.3 is 19.9 Å². The van der Waals surface area contributed by atoms with Gasteiger partial charge in [-0.05, 0) is 31.2 Å². The summed E-state index contributed by atoms with van der Waals surface area (Å²) in [4.78, 5) is 11.4. The van der Waals surface area contributed by atoms with E-state index in [9.17, 15) is 4.79 Å². The molecule has 0 bridgehead atoms. The fraction of sp³-hybridized carbons (Fsp3) is 0.462. The number of nitrogens with one attached hydrogen (secondary N) is 1. The van der Waals surface area contributed by atoms with Crippen molar-refractivity contribution in [1.29, 1.82) is 0 Å². The SMILES string of the molecule is COc1ccc(OCCC(=O)N[C@H](C)CO)cc1. The first kappa shape index (κ1) is 14.3. The van der Waals surface area contributed by atoms with E-state index in [-0.39, 0.29) is 25.0 Å². The fourth-order valence-corrected chi connectivity index (χ4v) is 1.33. The van der Waals surface area contributed by atoms with Gasteiger partial charge in [-0.25, -0.2) is 0 Å². The van der Waals surface area contributed by atoms with Crippen LogP contribution in [-0.2, 0) is 4.79 Å². The van der Waals surface area contributed by atoms with Gasteiger partial charge in [-0.15, -0.1) is 0 Å². The largest absolute Gasteiger partial charge is 0.497 e. The highest BCUT2D eigenvalue weighted by atomic mass is 16.5. The van der Waals surface area contributed by atoms with Crippen molar-refractivity contribution in [3.8, 4) is 11.5 Å².